The SMILES string of the molecule is FC1(F)Cc2ccc(Br)cc2C1. The summed E-state index contributed by atoms with van der Waals surface area (Å²) in [5, 5.41) is 0. The van der Waals surface area contributed by atoms with Gasteiger partial charge in [0.25, 0.3) is 5.92 Å². The first kappa shape index (κ1) is 8.17. The molecule has 0 saturated heterocycles. The highest BCUT2D eigenvalue weighted by Crippen LogP contribution is 2.35. The molecule has 0 aliphatic heterocycles. The Morgan fingerprint density at radius 3 is 2.58 bits per heavy atom. The van der Waals surface area contributed by atoms with Crippen LogP contribution in [0.4, 0.5) is 8.78 Å². The van der Waals surface area contributed by atoms with Crippen LogP contribution in [-0.4, -0.2) is 5.92 Å². The Hall–Kier alpha value is -0.440. The van der Waals surface area contributed by atoms with E-state index in [-0.39, 0.29) is 12.8 Å². The van der Waals surface area contributed by atoms with Gasteiger partial charge < -0.3 is 0 Å². The normalized spacial score (nSPS) is 19.2. The third-order valence-electron chi connectivity index (χ3n) is 2.07. The van der Waals surface area contributed by atoms with Crippen molar-refractivity contribution in [3.8, 4) is 0 Å². The second-order valence-electron chi connectivity index (χ2n) is 3.12. The molecule has 3 heteroatoms. The van der Waals surface area contributed by atoms with Gasteiger partial charge in [0.1, 0.15) is 0 Å². The van der Waals surface area contributed by atoms with Crippen LogP contribution in [0, 0.1) is 0 Å². The maximum absolute atomic E-state index is 12.9. The Labute approximate surface area is 77.7 Å². The van der Waals surface area contributed by atoms with Crippen molar-refractivity contribution in [2.75, 3.05) is 0 Å². The number of rotatable bonds is 0. The maximum atomic E-state index is 12.9. The number of hydrogen-bond donors (Lipinski definition) is 0. The Morgan fingerprint density at radius 1 is 1.17 bits per heavy atom. The number of halogens is 3. The van der Waals surface area contributed by atoms with E-state index in [1.165, 1.54) is 0 Å². The van der Waals surface area contributed by atoms with Crippen molar-refractivity contribution in [1.29, 1.82) is 0 Å². The third kappa shape index (κ3) is 1.38. The molecular formula is C9H7BrF2. The van der Waals surface area contributed by atoms with Gasteiger partial charge in [-0.3, -0.25) is 0 Å². The number of alkyl halides is 2. The van der Waals surface area contributed by atoms with Gasteiger partial charge in [-0.15, -0.1) is 0 Å². The molecule has 0 spiro atoms. The van der Waals surface area contributed by atoms with Crippen molar-refractivity contribution in [3.63, 3.8) is 0 Å². The summed E-state index contributed by atoms with van der Waals surface area (Å²) in [6, 6.07) is 5.34. The van der Waals surface area contributed by atoms with E-state index in [2.05, 4.69) is 15.9 Å². The van der Waals surface area contributed by atoms with E-state index >= 15 is 0 Å². The molecule has 12 heavy (non-hydrogen) atoms. The molecular weight excluding hydrogens is 226 g/mol. The fourth-order valence-corrected chi connectivity index (χ4v) is 1.96. The molecule has 0 nitrogen and oxygen atoms in total. The van der Waals surface area contributed by atoms with Gasteiger partial charge in [0, 0.05) is 17.3 Å². The Morgan fingerprint density at radius 2 is 1.83 bits per heavy atom. The van der Waals surface area contributed by atoms with E-state index in [1.807, 2.05) is 0 Å². The molecule has 0 bridgehead atoms. The summed E-state index contributed by atoms with van der Waals surface area (Å²) in [6.45, 7) is 0. The third-order valence-corrected chi connectivity index (χ3v) is 2.56. The molecule has 0 amide bonds. The summed E-state index contributed by atoms with van der Waals surface area (Å²) in [5.74, 6) is -2.52. The van der Waals surface area contributed by atoms with E-state index in [9.17, 15) is 8.78 Å². The minimum absolute atomic E-state index is 0.102. The van der Waals surface area contributed by atoms with Crippen molar-refractivity contribution in [2.45, 2.75) is 18.8 Å². The molecule has 0 unspecified atom stereocenters. The summed E-state index contributed by atoms with van der Waals surface area (Å²) in [4.78, 5) is 0. The predicted octanol–water partition coefficient (Wildman–Crippen LogP) is 3.18. The second-order valence-corrected chi connectivity index (χ2v) is 4.04. The highest BCUT2D eigenvalue weighted by Gasteiger charge is 2.36. The summed E-state index contributed by atoms with van der Waals surface area (Å²) in [6.07, 6.45) is -0.211. The monoisotopic (exact) mass is 232 g/mol. The molecule has 0 aromatic heterocycles. The van der Waals surface area contributed by atoms with Gasteiger partial charge in [-0.05, 0) is 23.3 Å². The molecule has 1 aromatic carbocycles. The molecule has 0 N–H and O–H groups in total. The van der Waals surface area contributed by atoms with Gasteiger partial charge in [-0.25, -0.2) is 8.78 Å². The molecule has 1 aromatic rings. The summed E-state index contributed by atoms with van der Waals surface area (Å²) < 4.78 is 26.6. The molecule has 0 atom stereocenters. The zero-order valence-corrected chi connectivity index (χ0v) is 7.87. The molecule has 1 aliphatic rings. The standard InChI is InChI=1S/C9H7BrF2/c10-8-2-1-6-4-9(11,12)5-7(6)3-8/h1-3H,4-5H2. The average Bonchev–Trinajstić information content (AvgIpc) is 2.21. The first-order valence-electron chi connectivity index (χ1n) is 3.72. The van der Waals surface area contributed by atoms with Gasteiger partial charge in [-0.1, -0.05) is 22.0 Å². The van der Waals surface area contributed by atoms with E-state index < -0.39 is 5.92 Å². The van der Waals surface area contributed by atoms with Crippen LogP contribution in [0.3, 0.4) is 0 Å². The summed E-state index contributed by atoms with van der Waals surface area (Å²) in [5.41, 5.74) is 1.55. The maximum Gasteiger partial charge on any atom is 0.256 e. The van der Waals surface area contributed by atoms with Crippen LogP contribution in [0.25, 0.3) is 0 Å². The lowest BCUT2D eigenvalue weighted by Crippen LogP contribution is -2.14. The Bertz CT molecular complexity index is 320. The number of benzene rings is 1. The zero-order chi connectivity index (χ0) is 8.77. The van der Waals surface area contributed by atoms with Crippen molar-refractivity contribution < 1.29 is 8.78 Å². The van der Waals surface area contributed by atoms with E-state index in [1.54, 1.807) is 18.2 Å². The van der Waals surface area contributed by atoms with Crippen LogP contribution in [-0.2, 0) is 12.8 Å². The van der Waals surface area contributed by atoms with Crippen molar-refractivity contribution in [1.82, 2.24) is 0 Å². The van der Waals surface area contributed by atoms with Gasteiger partial charge in [-0.2, -0.15) is 0 Å². The first-order valence-corrected chi connectivity index (χ1v) is 4.51. The first-order chi connectivity index (χ1) is 5.57. The average molecular weight is 233 g/mol. The molecule has 1 aliphatic carbocycles. The smallest absolute Gasteiger partial charge is 0.206 e. The highest BCUT2D eigenvalue weighted by atomic mass is 79.9. The minimum atomic E-state index is -2.52. The molecule has 0 radical (unpaired) electrons. The van der Waals surface area contributed by atoms with Crippen LogP contribution in [0.2, 0.25) is 0 Å². The van der Waals surface area contributed by atoms with Gasteiger partial charge >= 0.3 is 0 Å². The van der Waals surface area contributed by atoms with Crippen LogP contribution >= 0.6 is 15.9 Å². The molecule has 0 saturated carbocycles. The number of fused-ring (bicyclic) bond motifs is 1. The predicted molar refractivity (Wildman–Crippen MR) is 46.5 cm³/mol. The molecule has 0 heterocycles. The molecule has 0 fully saturated rings. The van der Waals surface area contributed by atoms with Crippen molar-refractivity contribution in [3.05, 3.63) is 33.8 Å². The Kier molecular flexibility index (Phi) is 1.72. The number of hydrogen-bond acceptors (Lipinski definition) is 0. The summed E-state index contributed by atoms with van der Waals surface area (Å²) >= 11 is 3.26. The topological polar surface area (TPSA) is 0 Å². The van der Waals surface area contributed by atoms with Crippen molar-refractivity contribution in [2.24, 2.45) is 0 Å². The Balaban J connectivity index is 2.43. The van der Waals surface area contributed by atoms with Crippen LogP contribution < -0.4 is 0 Å². The van der Waals surface area contributed by atoms with E-state index in [4.69, 9.17) is 0 Å². The van der Waals surface area contributed by atoms with E-state index in [0.717, 1.165) is 15.6 Å². The van der Waals surface area contributed by atoms with Gasteiger partial charge in [0.05, 0.1) is 0 Å². The largest absolute Gasteiger partial charge is 0.256 e. The second kappa shape index (κ2) is 2.52. The lowest BCUT2D eigenvalue weighted by Gasteiger charge is -2.04. The highest BCUT2D eigenvalue weighted by molar-refractivity contribution is 9.10. The lowest BCUT2D eigenvalue weighted by molar-refractivity contribution is 0.0130. The van der Waals surface area contributed by atoms with Gasteiger partial charge in [0.15, 0.2) is 0 Å². The van der Waals surface area contributed by atoms with Crippen LogP contribution in [0.5, 0.6) is 0 Å². The van der Waals surface area contributed by atoms with E-state index in [0.29, 0.717) is 0 Å². The lowest BCUT2D eigenvalue weighted by atomic mass is 10.1. The molecule has 64 valence electrons. The quantitative estimate of drug-likeness (QED) is 0.645. The summed E-state index contributed by atoms with van der Waals surface area (Å²) in [7, 11) is 0. The van der Waals surface area contributed by atoms with Gasteiger partial charge in [0.2, 0.25) is 0 Å². The fourth-order valence-electron chi connectivity index (χ4n) is 1.55. The van der Waals surface area contributed by atoms with Crippen LogP contribution in [0.1, 0.15) is 11.1 Å². The zero-order valence-electron chi connectivity index (χ0n) is 6.28. The minimum Gasteiger partial charge on any atom is -0.206 e. The van der Waals surface area contributed by atoms with Crippen LogP contribution in [0.15, 0.2) is 22.7 Å². The molecule has 2 rings (SSSR count). The van der Waals surface area contributed by atoms with Crippen molar-refractivity contribution >= 4 is 15.9 Å². The fraction of sp³-hybridized carbons (Fsp3) is 0.333.